The lowest BCUT2D eigenvalue weighted by Gasteiger charge is -2.10. The topological polar surface area (TPSA) is 48.0 Å². The summed E-state index contributed by atoms with van der Waals surface area (Å²) in [5.41, 5.74) is 0.104. The number of pyridine rings is 1. The average Bonchev–Trinajstić information content (AvgIpc) is 2.90. The van der Waals surface area contributed by atoms with Gasteiger partial charge in [0.05, 0.1) is 5.56 Å². The van der Waals surface area contributed by atoms with Gasteiger partial charge in [-0.3, -0.25) is 4.79 Å². The van der Waals surface area contributed by atoms with Crippen LogP contribution in [0.15, 0.2) is 51.8 Å². The lowest BCUT2D eigenvalue weighted by atomic mass is 10.2. The van der Waals surface area contributed by atoms with Crippen LogP contribution in [0.5, 0.6) is 0 Å². The number of hydrogen-bond acceptors (Lipinski definition) is 3. The molecule has 0 atom stereocenters. The summed E-state index contributed by atoms with van der Waals surface area (Å²) in [5.74, 6) is 0.506. The summed E-state index contributed by atoms with van der Waals surface area (Å²) in [6.07, 6.45) is -2.73. The average molecular weight is 322 g/mol. The monoisotopic (exact) mass is 322 g/mol. The predicted molar refractivity (Wildman–Crippen MR) is 78.0 cm³/mol. The van der Waals surface area contributed by atoms with Crippen molar-refractivity contribution >= 4 is 11.1 Å². The van der Waals surface area contributed by atoms with E-state index in [0.717, 1.165) is 28.4 Å². The maximum atomic E-state index is 12.7. The molecule has 0 fully saturated rings. The Bertz CT molecular complexity index is 848. The van der Waals surface area contributed by atoms with Crippen LogP contribution in [-0.2, 0) is 19.1 Å². The van der Waals surface area contributed by atoms with Gasteiger partial charge in [-0.15, -0.1) is 0 Å². The van der Waals surface area contributed by atoms with E-state index in [2.05, 4.69) is 4.98 Å². The summed E-state index contributed by atoms with van der Waals surface area (Å²) in [6.45, 7) is 0.168. The Balaban J connectivity index is 1.69. The molecule has 1 aromatic carbocycles. The normalized spacial score (nSPS) is 12.0. The minimum Gasteiger partial charge on any atom is -0.441 e. The Labute approximate surface area is 129 Å². The molecule has 0 aliphatic heterocycles. The highest BCUT2D eigenvalue weighted by Gasteiger charge is 2.30. The van der Waals surface area contributed by atoms with Crippen LogP contribution in [0.2, 0.25) is 0 Å². The van der Waals surface area contributed by atoms with Crippen molar-refractivity contribution in [3.05, 3.63) is 64.4 Å². The van der Waals surface area contributed by atoms with Crippen LogP contribution in [0, 0.1) is 0 Å². The summed E-state index contributed by atoms with van der Waals surface area (Å²) in [6, 6.07) is 9.01. The summed E-state index contributed by atoms with van der Waals surface area (Å²) in [4.78, 5) is 15.9. The first-order chi connectivity index (χ1) is 10.9. The van der Waals surface area contributed by atoms with Gasteiger partial charge < -0.3 is 8.98 Å². The van der Waals surface area contributed by atoms with Crippen molar-refractivity contribution in [3.63, 3.8) is 0 Å². The summed E-state index contributed by atoms with van der Waals surface area (Å²) in [7, 11) is 0. The molecular formula is C16H13F3N2O2. The van der Waals surface area contributed by atoms with E-state index in [9.17, 15) is 18.0 Å². The van der Waals surface area contributed by atoms with Gasteiger partial charge in [-0.25, -0.2) is 4.98 Å². The third-order valence-electron chi connectivity index (χ3n) is 3.44. The minimum absolute atomic E-state index is 0.168. The first-order valence-corrected chi connectivity index (χ1v) is 7.05. The van der Waals surface area contributed by atoms with Crippen LogP contribution >= 0.6 is 0 Å². The molecule has 0 amide bonds. The van der Waals surface area contributed by atoms with E-state index in [4.69, 9.17) is 4.42 Å². The van der Waals surface area contributed by atoms with Gasteiger partial charge in [-0.2, -0.15) is 13.2 Å². The van der Waals surface area contributed by atoms with Crippen molar-refractivity contribution in [3.8, 4) is 0 Å². The number of rotatable bonds is 4. The van der Waals surface area contributed by atoms with E-state index < -0.39 is 17.3 Å². The van der Waals surface area contributed by atoms with Crippen molar-refractivity contribution < 1.29 is 17.6 Å². The van der Waals surface area contributed by atoms with E-state index in [1.807, 2.05) is 18.2 Å². The predicted octanol–water partition coefficient (Wildman–Crippen LogP) is 3.64. The maximum absolute atomic E-state index is 12.7. The minimum atomic E-state index is -4.46. The molecule has 120 valence electrons. The van der Waals surface area contributed by atoms with Crippen LogP contribution in [0.3, 0.4) is 0 Å². The largest absolute Gasteiger partial charge is 0.441 e. The molecular weight excluding hydrogens is 309 g/mol. The molecule has 0 spiro atoms. The number of para-hydroxylation sites is 2. The summed E-state index contributed by atoms with van der Waals surface area (Å²) < 4.78 is 44.6. The first-order valence-electron chi connectivity index (χ1n) is 7.05. The van der Waals surface area contributed by atoms with E-state index in [0.29, 0.717) is 24.3 Å². The molecule has 2 heterocycles. The smallest absolute Gasteiger partial charge is 0.417 e. The van der Waals surface area contributed by atoms with Crippen molar-refractivity contribution in [1.29, 1.82) is 0 Å². The van der Waals surface area contributed by atoms with Crippen LogP contribution in [0.25, 0.3) is 11.1 Å². The van der Waals surface area contributed by atoms with Crippen molar-refractivity contribution in [2.75, 3.05) is 0 Å². The van der Waals surface area contributed by atoms with Gasteiger partial charge in [0.15, 0.2) is 11.5 Å². The molecule has 0 unspecified atom stereocenters. The molecule has 0 N–H and O–H groups in total. The zero-order valence-electron chi connectivity index (χ0n) is 12.0. The third kappa shape index (κ3) is 3.44. The number of aromatic nitrogens is 2. The molecule has 7 heteroatoms. The van der Waals surface area contributed by atoms with E-state index in [1.54, 1.807) is 6.07 Å². The Kier molecular flexibility index (Phi) is 3.94. The Morgan fingerprint density at radius 3 is 2.65 bits per heavy atom. The lowest BCUT2D eigenvalue weighted by molar-refractivity contribution is -0.138. The Morgan fingerprint density at radius 1 is 1.13 bits per heavy atom. The van der Waals surface area contributed by atoms with Crippen LogP contribution in [0.4, 0.5) is 13.2 Å². The number of alkyl halides is 3. The highest BCUT2D eigenvalue weighted by atomic mass is 19.4. The fourth-order valence-electron chi connectivity index (χ4n) is 2.30. The number of hydrogen-bond donors (Lipinski definition) is 0. The molecule has 3 aromatic rings. The van der Waals surface area contributed by atoms with Gasteiger partial charge in [0, 0.05) is 25.2 Å². The number of halogens is 3. The van der Waals surface area contributed by atoms with Gasteiger partial charge in [0.2, 0.25) is 0 Å². The fraction of sp³-hybridized carbons (Fsp3) is 0.250. The van der Waals surface area contributed by atoms with Crippen LogP contribution in [0.1, 0.15) is 17.9 Å². The quantitative estimate of drug-likeness (QED) is 0.737. The highest BCUT2D eigenvalue weighted by Crippen LogP contribution is 2.28. The zero-order chi connectivity index (χ0) is 16.4. The van der Waals surface area contributed by atoms with Crippen molar-refractivity contribution in [2.45, 2.75) is 25.6 Å². The molecule has 4 nitrogen and oxygen atoms in total. The third-order valence-corrected chi connectivity index (χ3v) is 3.44. The van der Waals surface area contributed by atoms with E-state index in [1.165, 1.54) is 0 Å². The second kappa shape index (κ2) is 5.91. The van der Waals surface area contributed by atoms with Crippen molar-refractivity contribution in [2.24, 2.45) is 0 Å². The maximum Gasteiger partial charge on any atom is 0.417 e. The van der Waals surface area contributed by atoms with Gasteiger partial charge >= 0.3 is 6.18 Å². The van der Waals surface area contributed by atoms with E-state index in [-0.39, 0.29) is 6.54 Å². The van der Waals surface area contributed by atoms with Gasteiger partial charge in [0.1, 0.15) is 5.52 Å². The number of aryl methyl sites for hydroxylation is 2. The molecule has 0 saturated heterocycles. The Hall–Kier alpha value is -2.57. The second-order valence-corrected chi connectivity index (χ2v) is 5.13. The van der Waals surface area contributed by atoms with Crippen molar-refractivity contribution in [1.82, 2.24) is 9.55 Å². The molecule has 0 aliphatic carbocycles. The summed E-state index contributed by atoms with van der Waals surface area (Å²) >= 11 is 0. The lowest BCUT2D eigenvalue weighted by Crippen LogP contribution is -2.21. The zero-order valence-corrected chi connectivity index (χ0v) is 12.0. The number of benzene rings is 1. The van der Waals surface area contributed by atoms with E-state index >= 15 is 0 Å². The van der Waals surface area contributed by atoms with Crippen LogP contribution in [-0.4, -0.2) is 9.55 Å². The molecule has 0 aliphatic rings. The highest BCUT2D eigenvalue weighted by molar-refractivity contribution is 5.72. The van der Waals surface area contributed by atoms with Gasteiger partial charge in [-0.1, -0.05) is 12.1 Å². The molecule has 0 bridgehead atoms. The van der Waals surface area contributed by atoms with Gasteiger partial charge in [0.25, 0.3) is 5.56 Å². The standard InChI is InChI=1S/C16H13F3N2O2/c17-16(18,19)11-7-8-15(22)21(10-11)9-3-6-14-20-12-4-1-2-5-13(12)23-14/h1-2,4-5,7-8,10H,3,6,9H2. The van der Waals surface area contributed by atoms with Gasteiger partial charge in [-0.05, 0) is 24.6 Å². The molecule has 0 saturated carbocycles. The first kappa shape index (κ1) is 15.3. The molecule has 0 radical (unpaired) electrons. The second-order valence-electron chi connectivity index (χ2n) is 5.13. The number of nitrogens with zero attached hydrogens (tertiary/aromatic N) is 2. The molecule has 2 aromatic heterocycles. The fourth-order valence-corrected chi connectivity index (χ4v) is 2.30. The number of fused-ring (bicyclic) bond motifs is 1. The molecule has 3 rings (SSSR count). The summed E-state index contributed by atoms with van der Waals surface area (Å²) in [5, 5.41) is 0. The van der Waals surface area contributed by atoms with Crippen LogP contribution < -0.4 is 5.56 Å². The molecule has 23 heavy (non-hydrogen) atoms. The SMILES string of the molecule is O=c1ccc(C(F)(F)F)cn1CCCc1nc2ccccc2o1. The Morgan fingerprint density at radius 2 is 1.91 bits per heavy atom. The number of oxazole rings is 1.